The van der Waals surface area contributed by atoms with Crippen LogP contribution in [0.2, 0.25) is 0 Å². The van der Waals surface area contributed by atoms with Gasteiger partial charge in [-0.15, -0.1) is 0 Å². The molecule has 0 fully saturated rings. The highest BCUT2D eigenvalue weighted by Gasteiger charge is 2.20. The highest BCUT2D eigenvalue weighted by molar-refractivity contribution is 7.10. The molecule has 5 rings (SSSR count). The number of benzene rings is 3. The molecule has 3 aromatic carbocycles. The Morgan fingerprint density at radius 2 is 1.79 bits per heavy atom. The van der Waals surface area contributed by atoms with Crippen LogP contribution in [0.4, 0.5) is 5.69 Å². The number of thiazole rings is 1. The van der Waals surface area contributed by atoms with Gasteiger partial charge in [0.25, 0.3) is 0 Å². The minimum Gasteiger partial charge on any atom is -0.493 e. The zero-order chi connectivity index (χ0) is 20.0. The van der Waals surface area contributed by atoms with Crippen LogP contribution in [0.15, 0.2) is 76.5 Å². The minimum atomic E-state index is -0.178. The molecule has 2 heterocycles. The Bertz CT molecular complexity index is 1370. The van der Waals surface area contributed by atoms with Gasteiger partial charge in [-0.05, 0) is 35.4 Å². The van der Waals surface area contributed by atoms with Crippen LogP contribution in [-0.4, -0.2) is 15.4 Å². The lowest BCUT2D eigenvalue weighted by molar-refractivity contribution is 0.421. The first-order valence-corrected chi connectivity index (χ1v) is 10.2. The Labute approximate surface area is 171 Å². The van der Waals surface area contributed by atoms with E-state index in [9.17, 15) is 9.90 Å². The first kappa shape index (κ1) is 17.6. The van der Waals surface area contributed by atoms with Gasteiger partial charge in [-0.25, -0.2) is 0 Å². The molecule has 0 radical (unpaired) electrons. The molecule has 0 saturated carbocycles. The van der Waals surface area contributed by atoms with E-state index in [0.717, 1.165) is 50.2 Å². The third kappa shape index (κ3) is 3.00. The van der Waals surface area contributed by atoms with Crippen molar-refractivity contribution in [2.45, 2.75) is 13.5 Å². The van der Waals surface area contributed by atoms with E-state index < -0.39 is 0 Å². The van der Waals surface area contributed by atoms with Crippen molar-refractivity contribution in [3.63, 3.8) is 0 Å². The SMILES string of the molecule is CC1=Nc2ccccc2C1=Cc1sc(=O)n(Cc2cccc3ccccc23)c1O. The lowest BCUT2D eigenvalue weighted by Gasteiger charge is -2.08. The van der Waals surface area contributed by atoms with Gasteiger partial charge in [0, 0.05) is 16.8 Å². The average molecular weight is 398 g/mol. The van der Waals surface area contributed by atoms with Crippen molar-refractivity contribution in [2.75, 3.05) is 0 Å². The fourth-order valence-electron chi connectivity index (χ4n) is 3.80. The molecule has 4 aromatic rings. The Kier molecular flexibility index (Phi) is 4.18. The third-order valence-electron chi connectivity index (χ3n) is 5.25. The Hall–Kier alpha value is -3.44. The fraction of sp³-hybridized carbons (Fsp3) is 0.0833. The maximum atomic E-state index is 12.7. The van der Waals surface area contributed by atoms with Gasteiger partial charge in [-0.3, -0.25) is 14.4 Å². The molecule has 142 valence electrons. The molecule has 0 aliphatic carbocycles. The number of aromatic hydroxyl groups is 1. The van der Waals surface area contributed by atoms with Crippen molar-refractivity contribution in [1.82, 2.24) is 4.57 Å². The van der Waals surface area contributed by atoms with Crippen molar-refractivity contribution >= 4 is 45.2 Å². The Balaban J connectivity index is 1.57. The smallest absolute Gasteiger partial charge is 0.310 e. The molecule has 1 aromatic heterocycles. The Morgan fingerprint density at radius 1 is 1.03 bits per heavy atom. The van der Waals surface area contributed by atoms with Crippen molar-refractivity contribution in [1.29, 1.82) is 0 Å². The molecule has 0 amide bonds. The normalized spacial score (nSPS) is 14.4. The molecular formula is C24H18N2O2S. The van der Waals surface area contributed by atoms with Crippen LogP contribution in [0.25, 0.3) is 22.4 Å². The standard InChI is InChI=1S/C24H18N2O2S/c1-15-20(19-11-4-5-12-21(19)25-15)13-22-23(27)26(24(28)29-22)14-17-9-6-8-16-7-2-3-10-18(16)17/h2-13,27H,14H2,1H3. The number of hydrogen-bond acceptors (Lipinski definition) is 4. The summed E-state index contributed by atoms with van der Waals surface area (Å²) in [5, 5.41) is 13.0. The zero-order valence-electron chi connectivity index (χ0n) is 15.8. The molecule has 4 nitrogen and oxygen atoms in total. The van der Waals surface area contributed by atoms with Crippen LogP contribution in [0, 0.1) is 0 Å². The lowest BCUT2D eigenvalue weighted by Crippen LogP contribution is -2.13. The van der Waals surface area contributed by atoms with Crippen LogP contribution in [0.1, 0.15) is 22.9 Å². The van der Waals surface area contributed by atoms with Crippen LogP contribution in [-0.2, 0) is 6.54 Å². The molecule has 0 bridgehead atoms. The highest BCUT2D eigenvalue weighted by atomic mass is 32.1. The van der Waals surface area contributed by atoms with Crippen molar-refractivity contribution in [3.05, 3.63) is 92.4 Å². The van der Waals surface area contributed by atoms with Gasteiger partial charge in [0.2, 0.25) is 5.88 Å². The van der Waals surface area contributed by atoms with Gasteiger partial charge in [0.05, 0.1) is 17.1 Å². The summed E-state index contributed by atoms with van der Waals surface area (Å²) in [6.45, 7) is 2.27. The molecule has 29 heavy (non-hydrogen) atoms. The zero-order valence-corrected chi connectivity index (χ0v) is 16.6. The number of nitrogens with zero attached hydrogens (tertiary/aromatic N) is 2. The van der Waals surface area contributed by atoms with Gasteiger partial charge in [0.15, 0.2) is 0 Å². The lowest BCUT2D eigenvalue weighted by atomic mass is 10.0. The van der Waals surface area contributed by atoms with E-state index >= 15 is 0 Å². The first-order chi connectivity index (χ1) is 14.1. The van der Waals surface area contributed by atoms with E-state index in [4.69, 9.17) is 0 Å². The van der Waals surface area contributed by atoms with Crippen molar-refractivity contribution in [3.8, 4) is 5.88 Å². The second-order valence-corrected chi connectivity index (χ2v) is 8.05. The first-order valence-electron chi connectivity index (χ1n) is 9.38. The number of aromatic nitrogens is 1. The number of aliphatic imine (C=N–C) groups is 1. The van der Waals surface area contributed by atoms with E-state index in [1.54, 1.807) is 0 Å². The van der Waals surface area contributed by atoms with Gasteiger partial charge in [-0.2, -0.15) is 0 Å². The predicted molar refractivity (Wildman–Crippen MR) is 120 cm³/mol. The summed E-state index contributed by atoms with van der Waals surface area (Å²) in [6.07, 6.45) is 1.87. The second-order valence-electron chi connectivity index (χ2n) is 7.05. The molecule has 5 heteroatoms. The van der Waals surface area contributed by atoms with Gasteiger partial charge in [0.1, 0.15) is 0 Å². The average Bonchev–Trinajstić information content (AvgIpc) is 3.19. The number of para-hydroxylation sites is 1. The second kappa shape index (κ2) is 6.87. The summed E-state index contributed by atoms with van der Waals surface area (Å²) in [6, 6.07) is 22.0. The predicted octanol–water partition coefficient (Wildman–Crippen LogP) is 5.46. The van der Waals surface area contributed by atoms with E-state index in [2.05, 4.69) is 4.99 Å². The summed E-state index contributed by atoms with van der Waals surface area (Å²) < 4.78 is 1.44. The molecule has 0 atom stereocenters. The number of rotatable bonds is 3. The molecule has 0 unspecified atom stereocenters. The van der Waals surface area contributed by atoms with Crippen LogP contribution in [0.5, 0.6) is 5.88 Å². The van der Waals surface area contributed by atoms with Crippen LogP contribution < -0.4 is 4.87 Å². The number of allylic oxidation sites excluding steroid dienone is 1. The monoisotopic (exact) mass is 398 g/mol. The van der Waals surface area contributed by atoms with Crippen molar-refractivity contribution < 1.29 is 5.11 Å². The van der Waals surface area contributed by atoms with E-state index in [1.807, 2.05) is 79.7 Å². The van der Waals surface area contributed by atoms with Crippen molar-refractivity contribution in [2.24, 2.45) is 4.99 Å². The topological polar surface area (TPSA) is 54.6 Å². The summed E-state index contributed by atoms with van der Waals surface area (Å²) >= 11 is 1.06. The molecule has 0 saturated heterocycles. The van der Waals surface area contributed by atoms with Gasteiger partial charge in [-0.1, -0.05) is 72.0 Å². The quantitative estimate of drug-likeness (QED) is 0.498. The number of hydrogen-bond donors (Lipinski definition) is 1. The summed E-state index contributed by atoms with van der Waals surface area (Å²) in [4.78, 5) is 17.6. The number of fused-ring (bicyclic) bond motifs is 2. The maximum Gasteiger partial charge on any atom is 0.310 e. The molecule has 0 spiro atoms. The van der Waals surface area contributed by atoms with Crippen LogP contribution >= 0.6 is 11.3 Å². The third-order valence-corrected chi connectivity index (χ3v) is 6.17. The fourth-order valence-corrected chi connectivity index (χ4v) is 4.62. The summed E-state index contributed by atoms with van der Waals surface area (Å²) in [5.74, 6) is -0.00221. The largest absolute Gasteiger partial charge is 0.493 e. The van der Waals surface area contributed by atoms with E-state index in [-0.39, 0.29) is 10.8 Å². The van der Waals surface area contributed by atoms with E-state index in [0.29, 0.717) is 11.4 Å². The summed E-state index contributed by atoms with van der Waals surface area (Å²) in [7, 11) is 0. The maximum absolute atomic E-state index is 12.7. The van der Waals surface area contributed by atoms with E-state index in [1.165, 1.54) is 4.57 Å². The highest BCUT2D eigenvalue weighted by Crippen LogP contribution is 2.37. The van der Waals surface area contributed by atoms with Crippen LogP contribution in [0.3, 0.4) is 0 Å². The molecule has 1 aliphatic rings. The van der Waals surface area contributed by atoms with Gasteiger partial charge < -0.3 is 5.11 Å². The Morgan fingerprint density at radius 3 is 2.69 bits per heavy atom. The minimum absolute atomic E-state index is 0.00221. The molecule has 1 N–H and O–H groups in total. The molecule has 1 aliphatic heterocycles. The van der Waals surface area contributed by atoms with Gasteiger partial charge >= 0.3 is 4.87 Å². The molecular weight excluding hydrogens is 380 g/mol. The summed E-state index contributed by atoms with van der Waals surface area (Å²) in [5.41, 5.74) is 4.76.